The Morgan fingerprint density at radius 1 is 0.971 bits per heavy atom. The van der Waals surface area contributed by atoms with Gasteiger partial charge in [-0.3, -0.25) is 0 Å². The first-order valence-electron chi connectivity index (χ1n) is 10.6. The lowest BCUT2D eigenvalue weighted by molar-refractivity contribution is -0.129. The van der Waals surface area contributed by atoms with Crippen LogP contribution < -0.4 is 4.74 Å². The number of aliphatic imine (C=N–C) groups is 1. The van der Waals surface area contributed by atoms with Crippen molar-refractivity contribution < 1.29 is 18.7 Å². The van der Waals surface area contributed by atoms with Gasteiger partial charge in [0.2, 0.25) is 5.90 Å². The van der Waals surface area contributed by atoms with E-state index < -0.39 is 5.97 Å². The first kappa shape index (κ1) is 21.3. The number of carbonyl (C=O) groups is 1. The summed E-state index contributed by atoms with van der Waals surface area (Å²) >= 11 is 0. The molecule has 0 atom stereocenters. The number of ether oxygens (including phenoxy) is 2. The summed E-state index contributed by atoms with van der Waals surface area (Å²) in [4.78, 5) is 16.5. The van der Waals surface area contributed by atoms with Gasteiger partial charge in [-0.05, 0) is 53.6 Å². The van der Waals surface area contributed by atoms with Gasteiger partial charge in [-0.25, -0.2) is 18.9 Å². The van der Waals surface area contributed by atoms with Crippen LogP contribution in [0.25, 0.3) is 6.08 Å². The number of benzene rings is 3. The molecule has 168 valence electrons. The number of esters is 1. The standard InChI is InChI=1S/C26H19FN4O3/c27-21-10-6-19(7-11-21)15-31-16-22(29-30-31)17-33-23-12-8-18(9-13-23)14-24-26(32)34-25(28-24)20-4-2-1-3-5-20/h1-14,16H,15,17H2. The summed E-state index contributed by atoms with van der Waals surface area (Å²) in [5, 5.41) is 8.19. The lowest BCUT2D eigenvalue weighted by atomic mass is 10.2. The summed E-state index contributed by atoms with van der Waals surface area (Å²) in [5.74, 6) is 0.191. The monoisotopic (exact) mass is 454 g/mol. The average molecular weight is 454 g/mol. The Bertz CT molecular complexity index is 1360. The van der Waals surface area contributed by atoms with Crippen LogP contribution >= 0.6 is 0 Å². The SMILES string of the molecule is O=C1OC(c2ccccc2)=NC1=Cc1ccc(OCc2cn(Cc3ccc(F)cc3)nn2)cc1. The van der Waals surface area contributed by atoms with Crippen molar-refractivity contribution in [3.8, 4) is 5.75 Å². The maximum Gasteiger partial charge on any atom is 0.363 e. The zero-order valence-electron chi connectivity index (χ0n) is 18.0. The fourth-order valence-corrected chi connectivity index (χ4v) is 3.35. The molecule has 0 saturated heterocycles. The van der Waals surface area contributed by atoms with Crippen molar-refractivity contribution in [2.45, 2.75) is 13.2 Å². The van der Waals surface area contributed by atoms with Crippen LogP contribution in [-0.2, 0) is 22.7 Å². The summed E-state index contributed by atoms with van der Waals surface area (Å²) in [6, 6.07) is 22.8. The Morgan fingerprint density at radius 2 is 1.74 bits per heavy atom. The van der Waals surface area contributed by atoms with E-state index in [2.05, 4.69) is 15.3 Å². The fourth-order valence-electron chi connectivity index (χ4n) is 3.35. The van der Waals surface area contributed by atoms with E-state index in [1.165, 1.54) is 12.1 Å². The number of halogens is 1. The molecule has 1 aliphatic rings. The van der Waals surface area contributed by atoms with Crippen LogP contribution in [0.1, 0.15) is 22.4 Å². The molecule has 0 N–H and O–H groups in total. The van der Waals surface area contributed by atoms with Crippen LogP contribution in [0.3, 0.4) is 0 Å². The second-order valence-electron chi connectivity index (χ2n) is 7.59. The van der Waals surface area contributed by atoms with E-state index in [1.807, 2.05) is 42.5 Å². The molecule has 0 radical (unpaired) electrons. The highest BCUT2D eigenvalue weighted by Crippen LogP contribution is 2.21. The topological polar surface area (TPSA) is 78.6 Å². The van der Waals surface area contributed by atoms with Crippen molar-refractivity contribution in [1.29, 1.82) is 0 Å². The van der Waals surface area contributed by atoms with Crippen molar-refractivity contribution in [2.75, 3.05) is 0 Å². The van der Waals surface area contributed by atoms with Gasteiger partial charge in [-0.1, -0.05) is 47.7 Å². The van der Waals surface area contributed by atoms with Crippen molar-refractivity contribution in [3.63, 3.8) is 0 Å². The molecule has 8 heteroatoms. The van der Waals surface area contributed by atoms with Gasteiger partial charge in [0, 0.05) is 5.56 Å². The molecule has 1 aromatic heterocycles. The van der Waals surface area contributed by atoms with E-state index >= 15 is 0 Å². The van der Waals surface area contributed by atoms with E-state index in [4.69, 9.17) is 9.47 Å². The van der Waals surface area contributed by atoms with Crippen molar-refractivity contribution >= 4 is 17.9 Å². The minimum atomic E-state index is -0.483. The van der Waals surface area contributed by atoms with Gasteiger partial charge in [-0.15, -0.1) is 5.10 Å². The molecule has 3 aromatic carbocycles. The van der Waals surface area contributed by atoms with Crippen LogP contribution in [0, 0.1) is 5.82 Å². The Hall–Kier alpha value is -4.59. The largest absolute Gasteiger partial charge is 0.487 e. The molecule has 0 fully saturated rings. The maximum atomic E-state index is 13.0. The smallest absolute Gasteiger partial charge is 0.363 e. The lowest BCUT2D eigenvalue weighted by Gasteiger charge is -2.04. The molecule has 0 spiro atoms. The number of cyclic esters (lactones) is 1. The zero-order valence-corrected chi connectivity index (χ0v) is 18.0. The Balaban J connectivity index is 1.19. The number of hydrogen-bond acceptors (Lipinski definition) is 6. The first-order valence-corrected chi connectivity index (χ1v) is 10.6. The van der Waals surface area contributed by atoms with E-state index in [1.54, 1.807) is 41.2 Å². The quantitative estimate of drug-likeness (QED) is 0.306. The normalized spacial score (nSPS) is 14.2. The highest BCUT2D eigenvalue weighted by Gasteiger charge is 2.23. The fraction of sp³-hybridized carbons (Fsp3) is 0.0769. The van der Waals surface area contributed by atoms with Gasteiger partial charge in [0.25, 0.3) is 0 Å². The summed E-state index contributed by atoms with van der Waals surface area (Å²) in [6.45, 7) is 0.745. The van der Waals surface area contributed by atoms with Crippen molar-refractivity contribution in [1.82, 2.24) is 15.0 Å². The Kier molecular flexibility index (Phi) is 5.94. The zero-order chi connectivity index (χ0) is 23.3. The Labute approximate surface area is 194 Å². The summed E-state index contributed by atoms with van der Waals surface area (Å²) in [7, 11) is 0. The van der Waals surface area contributed by atoms with Gasteiger partial charge < -0.3 is 9.47 Å². The molecule has 0 saturated carbocycles. The predicted octanol–water partition coefficient (Wildman–Crippen LogP) is 4.39. The van der Waals surface area contributed by atoms with Gasteiger partial charge in [-0.2, -0.15) is 0 Å². The number of rotatable bonds is 7. The van der Waals surface area contributed by atoms with Crippen molar-refractivity contribution in [2.24, 2.45) is 4.99 Å². The second-order valence-corrected chi connectivity index (χ2v) is 7.59. The van der Waals surface area contributed by atoms with Gasteiger partial charge in [0.15, 0.2) is 5.70 Å². The molecule has 7 nitrogen and oxygen atoms in total. The third-order valence-corrected chi connectivity index (χ3v) is 5.06. The molecule has 0 unspecified atom stereocenters. The van der Waals surface area contributed by atoms with Crippen LogP contribution in [-0.4, -0.2) is 26.9 Å². The van der Waals surface area contributed by atoms with Gasteiger partial charge >= 0.3 is 5.97 Å². The number of nitrogens with zero attached hydrogens (tertiary/aromatic N) is 4. The molecule has 2 heterocycles. The second kappa shape index (κ2) is 9.50. The molecule has 0 aliphatic carbocycles. The molecule has 5 rings (SSSR count). The van der Waals surface area contributed by atoms with Crippen LogP contribution in [0.4, 0.5) is 4.39 Å². The first-order chi connectivity index (χ1) is 16.6. The van der Waals surface area contributed by atoms with Gasteiger partial charge in [0.05, 0.1) is 12.7 Å². The predicted molar refractivity (Wildman–Crippen MR) is 123 cm³/mol. The molecular weight excluding hydrogens is 435 g/mol. The third kappa shape index (κ3) is 5.07. The molecule has 1 aliphatic heterocycles. The highest BCUT2D eigenvalue weighted by atomic mass is 19.1. The summed E-state index contributed by atoms with van der Waals surface area (Å²) in [6.07, 6.45) is 3.46. The molecule has 4 aromatic rings. The Morgan fingerprint density at radius 3 is 2.50 bits per heavy atom. The molecule has 0 bridgehead atoms. The van der Waals surface area contributed by atoms with E-state index in [0.29, 0.717) is 23.9 Å². The number of carbonyl (C=O) groups excluding carboxylic acids is 1. The molecule has 34 heavy (non-hydrogen) atoms. The van der Waals surface area contributed by atoms with Crippen molar-refractivity contribution in [3.05, 3.63) is 119 Å². The molecule has 0 amide bonds. The van der Waals surface area contributed by atoms with Crippen LogP contribution in [0.5, 0.6) is 5.75 Å². The van der Waals surface area contributed by atoms with Crippen LogP contribution in [0.15, 0.2) is 95.7 Å². The summed E-state index contributed by atoms with van der Waals surface area (Å²) < 4.78 is 25.8. The lowest BCUT2D eigenvalue weighted by Crippen LogP contribution is -2.04. The van der Waals surface area contributed by atoms with E-state index in [0.717, 1.165) is 16.7 Å². The average Bonchev–Trinajstić information content (AvgIpc) is 3.47. The number of aromatic nitrogens is 3. The van der Waals surface area contributed by atoms with E-state index in [-0.39, 0.29) is 18.1 Å². The van der Waals surface area contributed by atoms with Crippen LogP contribution in [0.2, 0.25) is 0 Å². The minimum Gasteiger partial charge on any atom is -0.487 e. The summed E-state index contributed by atoms with van der Waals surface area (Å²) in [5.41, 5.74) is 3.38. The number of hydrogen-bond donors (Lipinski definition) is 0. The highest BCUT2D eigenvalue weighted by molar-refractivity contribution is 6.12. The molecular formula is C26H19FN4O3. The van der Waals surface area contributed by atoms with Gasteiger partial charge in [0.1, 0.15) is 23.9 Å². The van der Waals surface area contributed by atoms with E-state index in [9.17, 15) is 9.18 Å². The maximum absolute atomic E-state index is 13.0. The third-order valence-electron chi connectivity index (χ3n) is 5.06. The minimum absolute atomic E-state index is 0.241.